The number of hydrogen-bond acceptors (Lipinski definition) is 1. The molecule has 0 aromatic carbocycles. The molecule has 1 N–H and O–H groups in total. The Hall–Kier alpha value is -0.510. The minimum Gasteiger partial charge on any atom is -0.298 e. The van der Waals surface area contributed by atoms with Gasteiger partial charge in [-0.05, 0) is 35.2 Å². The van der Waals surface area contributed by atoms with Crippen LogP contribution in [0.3, 0.4) is 0 Å². The van der Waals surface area contributed by atoms with E-state index in [0.717, 1.165) is 25.0 Å². The van der Waals surface area contributed by atoms with Crippen LogP contribution in [0, 0.1) is 0 Å². The lowest BCUT2D eigenvalue weighted by atomic mass is 10.3. The van der Waals surface area contributed by atoms with E-state index in [1.165, 1.54) is 12.8 Å². The normalized spacial score (nSPS) is 17.9. The molecule has 0 bridgehead atoms. The predicted octanol–water partition coefficient (Wildman–Crippen LogP) is 2.62. The third kappa shape index (κ3) is 1.56. The molecule has 2 rings (SSSR count). The van der Waals surface area contributed by atoms with E-state index in [0.29, 0.717) is 10.5 Å². The highest BCUT2D eigenvalue weighted by molar-refractivity contribution is 9.10. The molecule has 1 aliphatic carbocycles. The number of nitrogens with one attached hydrogen (secondary N) is 1. The summed E-state index contributed by atoms with van der Waals surface area (Å²) in [5.74, 6) is 0. The van der Waals surface area contributed by atoms with Crippen molar-refractivity contribution in [2.45, 2.75) is 45.1 Å². The van der Waals surface area contributed by atoms with Crippen LogP contribution in [0.4, 0.5) is 0 Å². The third-order valence-electron chi connectivity index (χ3n) is 2.97. The molecule has 0 aliphatic heterocycles. The van der Waals surface area contributed by atoms with Gasteiger partial charge >= 0.3 is 0 Å². The Balaban J connectivity index is 2.38. The van der Waals surface area contributed by atoms with Crippen molar-refractivity contribution in [3.63, 3.8) is 0 Å². The second-order valence-electron chi connectivity index (χ2n) is 3.87. The first-order valence-electron chi connectivity index (χ1n) is 5.23. The fourth-order valence-corrected chi connectivity index (χ4v) is 2.69. The third-order valence-corrected chi connectivity index (χ3v) is 3.79. The van der Waals surface area contributed by atoms with Gasteiger partial charge in [-0.15, -0.1) is 0 Å². The van der Waals surface area contributed by atoms with Gasteiger partial charge in [-0.2, -0.15) is 0 Å². The van der Waals surface area contributed by atoms with Crippen LogP contribution < -0.4 is 5.56 Å². The molecule has 0 atom stereocenters. The van der Waals surface area contributed by atoms with E-state index in [1.54, 1.807) is 4.68 Å². The Labute approximate surface area is 91.6 Å². The van der Waals surface area contributed by atoms with Crippen LogP contribution in [0.5, 0.6) is 0 Å². The average Bonchev–Trinajstić information content (AvgIpc) is 2.78. The lowest BCUT2D eigenvalue weighted by Crippen LogP contribution is -2.20. The molecule has 0 spiro atoms. The zero-order chi connectivity index (χ0) is 10.1. The zero-order valence-corrected chi connectivity index (χ0v) is 9.93. The summed E-state index contributed by atoms with van der Waals surface area (Å²) < 4.78 is 2.52. The van der Waals surface area contributed by atoms with Crippen LogP contribution in [0.25, 0.3) is 0 Å². The smallest absolute Gasteiger partial charge is 0.281 e. The van der Waals surface area contributed by atoms with Gasteiger partial charge in [0, 0.05) is 0 Å². The largest absolute Gasteiger partial charge is 0.298 e. The van der Waals surface area contributed by atoms with Crippen molar-refractivity contribution in [2.24, 2.45) is 0 Å². The van der Waals surface area contributed by atoms with E-state index in [9.17, 15) is 4.79 Å². The van der Waals surface area contributed by atoms with Gasteiger partial charge in [0.1, 0.15) is 4.47 Å². The van der Waals surface area contributed by atoms with Crippen molar-refractivity contribution in [1.82, 2.24) is 9.78 Å². The van der Waals surface area contributed by atoms with Gasteiger partial charge in [0.05, 0.1) is 11.7 Å². The molecule has 78 valence electrons. The minimum atomic E-state index is 0.105. The molecule has 1 aliphatic rings. The summed E-state index contributed by atoms with van der Waals surface area (Å²) in [4.78, 5) is 11.8. The topological polar surface area (TPSA) is 37.8 Å². The van der Waals surface area contributed by atoms with Crippen molar-refractivity contribution in [3.05, 3.63) is 20.5 Å². The Morgan fingerprint density at radius 3 is 2.64 bits per heavy atom. The number of aromatic amines is 1. The summed E-state index contributed by atoms with van der Waals surface area (Å²) >= 11 is 3.34. The van der Waals surface area contributed by atoms with Crippen molar-refractivity contribution in [3.8, 4) is 0 Å². The molecular weight excluding hydrogens is 244 g/mol. The number of nitrogens with zero attached hydrogens (tertiary/aromatic N) is 1. The van der Waals surface area contributed by atoms with Crippen LogP contribution in [0.1, 0.15) is 44.3 Å². The molecule has 14 heavy (non-hydrogen) atoms. The van der Waals surface area contributed by atoms with Crippen molar-refractivity contribution >= 4 is 15.9 Å². The van der Waals surface area contributed by atoms with Crippen LogP contribution in [-0.2, 0) is 6.42 Å². The predicted molar refractivity (Wildman–Crippen MR) is 59.6 cm³/mol. The summed E-state index contributed by atoms with van der Waals surface area (Å²) in [6.07, 6.45) is 5.63. The summed E-state index contributed by atoms with van der Waals surface area (Å²) in [7, 11) is 0. The molecule has 0 radical (unpaired) electrons. The van der Waals surface area contributed by atoms with E-state index < -0.39 is 0 Å². The molecule has 0 saturated heterocycles. The number of H-pyrrole nitrogens is 1. The number of aryl methyl sites for hydroxylation is 1. The molecule has 0 amide bonds. The van der Waals surface area contributed by atoms with Crippen molar-refractivity contribution in [2.75, 3.05) is 0 Å². The second-order valence-corrected chi connectivity index (χ2v) is 4.66. The maximum absolute atomic E-state index is 11.8. The number of aromatic nitrogens is 2. The van der Waals surface area contributed by atoms with Gasteiger partial charge in [0.2, 0.25) is 0 Å². The molecule has 1 fully saturated rings. The zero-order valence-electron chi connectivity index (χ0n) is 8.35. The highest BCUT2D eigenvalue weighted by atomic mass is 79.9. The van der Waals surface area contributed by atoms with Gasteiger partial charge in [-0.1, -0.05) is 19.8 Å². The van der Waals surface area contributed by atoms with Gasteiger partial charge in [0.15, 0.2) is 0 Å². The summed E-state index contributed by atoms with van der Waals surface area (Å²) in [6.45, 7) is 2.05. The molecule has 1 heterocycles. The molecule has 4 heteroatoms. The SMILES string of the molecule is CCc1[nH]n(C2CCCC2)c(=O)c1Br. The second kappa shape index (κ2) is 3.93. The highest BCUT2D eigenvalue weighted by Gasteiger charge is 2.21. The van der Waals surface area contributed by atoms with Crippen LogP contribution in [0.15, 0.2) is 9.27 Å². The first kappa shape index (κ1) is 10.0. The molecule has 1 aromatic heterocycles. The Morgan fingerprint density at radius 1 is 1.50 bits per heavy atom. The monoisotopic (exact) mass is 258 g/mol. The van der Waals surface area contributed by atoms with E-state index in [-0.39, 0.29) is 5.56 Å². The molecular formula is C10H15BrN2O. The Morgan fingerprint density at radius 2 is 2.14 bits per heavy atom. The van der Waals surface area contributed by atoms with E-state index >= 15 is 0 Å². The van der Waals surface area contributed by atoms with Crippen molar-refractivity contribution in [1.29, 1.82) is 0 Å². The Bertz CT molecular complexity index is 374. The fourth-order valence-electron chi connectivity index (χ4n) is 2.13. The molecule has 1 aromatic rings. The van der Waals surface area contributed by atoms with Crippen molar-refractivity contribution < 1.29 is 0 Å². The van der Waals surface area contributed by atoms with Crippen LogP contribution in [0.2, 0.25) is 0 Å². The summed E-state index contributed by atoms with van der Waals surface area (Å²) in [5, 5.41) is 3.20. The van der Waals surface area contributed by atoms with E-state index in [1.807, 2.05) is 0 Å². The average molecular weight is 259 g/mol. The lowest BCUT2D eigenvalue weighted by Gasteiger charge is -2.08. The van der Waals surface area contributed by atoms with Gasteiger partial charge in [0.25, 0.3) is 5.56 Å². The first-order valence-corrected chi connectivity index (χ1v) is 6.02. The van der Waals surface area contributed by atoms with Gasteiger partial charge in [-0.25, -0.2) is 4.68 Å². The maximum atomic E-state index is 11.8. The number of halogens is 1. The van der Waals surface area contributed by atoms with Gasteiger partial charge < -0.3 is 0 Å². The van der Waals surface area contributed by atoms with Gasteiger partial charge in [-0.3, -0.25) is 9.89 Å². The van der Waals surface area contributed by atoms with E-state index in [2.05, 4.69) is 28.0 Å². The molecule has 1 saturated carbocycles. The van der Waals surface area contributed by atoms with Crippen LogP contribution in [-0.4, -0.2) is 9.78 Å². The van der Waals surface area contributed by atoms with E-state index in [4.69, 9.17) is 0 Å². The standard InChI is InChI=1S/C10H15BrN2O/c1-2-8-9(11)10(14)13(12-8)7-5-3-4-6-7/h7,12H,2-6H2,1H3. The van der Waals surface area contributed by atoms with Crippen LogP contribution >= 0.6 is 15.9 Å². The quantitative estimate of drug-likeness (QED) is 0.871. The number of rotatable bonds is 2. The summed E-state index contributed by atoms with van der Waals surface area (Å²) in [5.41, 5.74) is 1.12. The molecule has 3 nitrogen and oxygen atoms in total. The highest BCUT2D eigenvalue weighted by Crippen LogP contribution is 2.28. The lowest BCUT2D eigenvalue weighted by molar-refractivity contribution is 0.451. The maximum Gasteiger partial charge on any atom is 0.281 e. The summed E-state index contributed by atoms with van der Waals surface area (Å²) in [6, 6.07) is 0.402. The first-order chi connectivity index (χ1) is 6.74. The molecule has 0 unspecified atom stereocenters. The Kier molecular flexibility index (Phi) is 2.81. The fraction of sp³-hybridized carbons (Fsp3) is 0.700. The number of hydrogen-bond donors (Lipinski definition) is 1. The minimum absolute atomic E-state index is 0.105.